The maximum absolute atomic E-state index is 14.8. The molecule has 14 heteroatoms. The van der Waals surface area contributed by atoms with Gasteiger partial charge >= 0.3 is 12.1 Å². The molecule has 1 spiro atoms. The maximum Gasteiger partial charge on any atom is 0.429 e. The smallest absolute Gasteiger partial charge is 0.429 e. The molecule has 0 unspecified atom stereocenters. The minimum Gasteiger partial charge on any atom is -0.480 e. The highest BCUT2D eigenvalue weighted by molar-refractivity contribution is 7.90. The van der Waals surface area contributed by atoms with Crippen LogP contribution in [0.5, 0.6) is 5.88 Å². The lowest BCUT2D eigenvalue weighted by Gasteiger charge is -2.39. The molecule has 2 fully saturated rings. The first-order valence-electron chi connectivity index (χ1n) is 14.3. The van der Waals surface area contributed by atoms with Crippen LogP contribution in [-0.2, 0) is 14.6 Å². The fraction of sp³-hybridized carbons (Fsp3) is 0.387. The number of carboxylic acids is 1. The fourth-order valence-electron chi connectivity index (χ4n) is 6.01. The number of nitrogen functional groups attached to an aromatic ring is 1. The van der Waals surface area contributed by atoms with Gasteiger partial charge in [0.1, 0.15) is 11.9 Å². The van der Waals surface area contributed by atoms with E-state index in [9.17, 15) is 31.5 Å². The average Bonchev–Trinajstić information content (AvgIpc) is 3.39. The molecule has 2 aliphatic rings. The highest BCUT2D eigenvalue weighted by Crippen LogP contribution is 2.43. The van der Waals surface area contributed by atoms with Crippen molar-refractivity contribution in [2.45, 2.75) is 49.4 Å². The van der Waals surface area contributed by atoms with Gasteiger partial charge in [-0.15, -0.1) is 0 Å². The van der Waals surface area contributed by atoms with Crippen LogP contribution in [0, 0.1) is 5.41 Å². The summed E-state index contributed by atoms with van der Waals surface area (Å²) in [6.45, 7) is 3.35. The Morgan fingerprint density at radius 3 is 2.53 bits per heavy atom. The summed E-state index contributed by atoms with van der Waals surface area (Å²) in [5.74, 6) is -1.22. The standard InChI is InChI=1S/C31H34F3N5O5S/c1-3-5-19-8-9-22(23(14-19)20-6-4-7-21(15-20)45(2,42)43)27(31(32,33)34)44-26-16-25(37-29(35)38-26)39-12-10-30(11-13-39)17-24(28(40)41)36-18-30/h3-9,14-16,24,27,36H,10-13,17-18H2,1-2H3,(H,40,41)(H2,35,37,38)/b5-3+/t24-,27+/m0/s1. The maximum atomic E-state index is 14.8. The molecule has 0 radical (unpaired) electrons. The molecule has 0 aliphatic carbocycles. The van der Waals surface area contributed by atoms with Crippen molar-refractivity contribution in [3.05, 3.63) is 65.7 Å². The molecule has 0 amide bonds. The quantitative estimate of drug-likeness (QED) is 0.310. The minimum absolute atomic E-state index is 0.0322. The number of hydrogen-bond donors (Lipinski definition) is 3. The number of nitrogens with two attached hydrogens (primary N) is 1. The first-order chi connectivity index (χ1) is 21.2. The van der Waals surface area contributed by atoms with Gasteiger partial charge in [0.25, 0.3) is 0 Å². The number of ether oxygens (including phenoxy) is 1. The second kappa shape index (κ2) is 12.3. The summed E-state index contributed by atoms with van der Waals surface area (Å²) in [6, 6.07) is 10.8. The highest BCUT2D eigenvalue weighted by atomic mass is 32.2. The predicted molar refractivity (Wildman–Crippen MR) is 163 cm³/mol. The Morgan fingerprint density at radius 1 is 1.18 bits per heavy atom. The Bertz CT molecular complexity index is 1720. The van der Waals surface area contributed by atoms with E-state index in [0.29, 0.717) is 50.3 Å². The first kappa shape index (κ1) is 32.2. The number of halogens is 3. The highest BCUT2D eigenvalue weighted by Gasteiger charge is 2.46. The lowest BCUT2D eigenvalue weighted by Crippen LogP contribution is -2.41. The van der Waals surface area contributed by atoms with Gasteiger partial charge in [-0.2, -0.15) is 23.1 Å². The number of sulfone groups is 1. The summed E-state index contributed by atoms with van der Waals surface area (Å²) in [7, 11) is -3.63. The van der Waals surface area contributed by atoms with Crippen molar-refractivity contribution in [1.82, 2.24) is 15.3 Å². The Hall–Kier alpha value is -4.17. The van der Waals surface area contributed by atoms with Crippen LogP contribution in [0.3, 0.4) is 0 Å². The van der Waals surface area contributed by atoms with Crippen molar-refractivity contribution in [1.29, 1.82) is 0 Å². The molecule has 3 aromatic rings. The molecule has 3 heterocycles. The largest absolute Gasteiger partial charge is 0.480 e. The van der Waals surface area contributed by atoms with E-state index in [0.717, 1.165) is 6.26 Å². The van der Waals surface area contributed by atoms with Crippen LogP contribution in [0.1, 0.15) is 43.4 Å². The van der Waals surface area contributed by atoms with Crippen molar-refractivity contribution < 1.29 is 36.2 Å². The number of carbonyl (C=O) groups is 1. The summed E-state index contributed by atoms with van der Waals surface area (Å²) in [5, 5.41) is 12.4. The molecule has 0 bridgehead atoms. The predicted octanol–water partition coefficient (Wildman–Crippen LogP) is 4.88. The van der Waals surface area contributed by atoms with E-state index in [1.165, 1.54) is 36.4 Å². The van der Waals surface area contributed by atoms with Crippen LogP contribution in [0.25, 0.3) is 17.2 Å². The molecule has 5 rings (SSSR count). The van der Waals surface area contributed by atoms with Gasteiger partial charge in [-0.25, -0.2) is 8.42 Å². The van der Waals surface area contributed by atoms with Crippen LogP contribution < -0.4 is 20.7 Å². The van der Waals surface area contributed by atoms with E-state index >= 15 is 0 Å². The molecule has 45 heavy (non-hydrogen) atoms. The topological polar surface area (TPSA) is 148 Å². The third kappa shape index (κ3) is 7.22. The first-order valence-corrected chi connectivity index (χ1v) is 16.2. The van der Waals surface area contributed by atoms with Crippen molar-refractivity contribution in [2.24, 2.45) is 5.41 Å². The zero-order valence-corrected chi connectivity index (χ0v) is 25.5. The van der Waals surface area contributed by atoms with E-state index < -0.39 is 34.1 Å². The second-order valence-electron chi connectivity index (χ2n) is 11.6. The van der Waals surface area contributed by atoms with Gasteiger partial charge in [-0.1, -0.05) is 36.4 Å². The van der Waals surface area contributed by atoms with E-state index in [1.807, 2.05) is 4.90 Å². The van der Waals surface area contributed by atoms with Crippen molar-refractivity contribution in [3.63, 3.8) is 0 Å². The monoisotopic (exact) mass is 645 g/mol. The molecular weight excluding hydrogens is 611 g/mol. The van der Waals surface area contributed by atoms with Gasteiger partial charge in [-0.05, 0) is 66.5 Å². The molecule has 2 atom stereocenters. The molecule has 240 valence electrons. The number of hydrogen-bond acceptors (Lipinski definition) is 9. The number of rotatable bonds is 8. The molecule has 2 saturated heterocycles. The normalized spacial score (nSPS) is 19.2. The lowest BCUT2D eigenvalue weighted by molar-refractivity contribution is -0.198. The van der Waals surface area contributed by atoms with E-state index in [1.54, 1.807) is 31.2 Å². The number of piperidine rings is 1. The third-order valence-corrected chi connectivity index (χ3v) is 9.45. The SMILES string of the molecule is C/C=C/c1ccc([C@@H](Oc2cc(N3CCC4(CC3)CN[C@H](C(=O)O)C4)nc(N)n2)C(F)(F)F)c(-c2cccc(S(C)(=O)=O)c2)c1. The molecule has 2 aliphatic heterocycles. The van der Waals surface area contributed by atoms with E-state index in [-0.39, 0.29) is 38.8 Å². The van der Waals surface area contributed by atoms with Gasteiger partial charge in [-0.3, -0.25) is 4.79 Å². The zero-order chi connectivity index (χ0) is 32.6. The molecule has 0 saturated carbocycles. The summed E-state index contributed by atoms with van der Waals surface area (Å²) >= 11 is 0. The molecule has 10 nitrogen and oxygen atoms in total. The van der Waals surface area contributed by atoms with E-state index in [4.69, 9.17) is 10.5 Å². The Labute approximate surface area is 259 Å². The van der Waals surface area contributed by atoms with Crippen LogP contribution in [-0.4, -0.2) is 67.6 Å². The second-order valence-corrected chi connectivity index (χ2v) is 13.6. The number of benzene rings is 2. The average molecular weight is 646 g/mol. The zero-order valence-electron chi connectivity index (χ0n) is 24.7. The number of carboxylic acid groups (broad SMARTS) is 1. The van der Waals surface area contributed by atoms with Gasteiger partial charge < -0.3 is 25.8 Å². The van der Waals surface area contributed by atoms with E-state index in [2.05, 4.69) is 15.3 Å². The number of alkyl halides is 3. The number of aliphatic carboxylic acids is 1. The molecular formula is C31H34F3N5O5S. The summed E-state index contributed by atoms with van der Waals surface area (Å²) < 4.78 is 74.3. The summed E-state index contributed by atoms with van der Waals surface area (Å²) in [4.78, 5) is 21.5. The number of nitrogens with zero attached hydrogens (tertiary/aromatic N) is 3. The van der Waals surface area contributed by atoms with Gasteiger partial charge in [0.15, 0.2) is 9.84 Å². The van der Waals surface area contributed by atoms with Gasteiger partial charge in [0.05, 0.1) is 4.90 Å². The number of aromatic nitrogens is 2. The van der Waals surface area contributed by atoms with Crippen LogP contribution >= 0.6 is 0 Å². The number of allylic oxidation sites excluding steroid dienone is 1. The molecule has 2 aromatic carbocycles. The Kier molecular flexibility index (Phi) is 8.82. The van der Waals surface area contributed by atoms with Crippen molar-refractivity contribution in [3.8, 4) is 17.0 Å². The van der Waals surface area contributed by atoms with Crippen LogP contribution in [0.2, 0.25) is 0 Å². The Balaban J connectivity index is 1.47. The van der Waals surface area contributed by atoms with Crippen molar-refractivity contribution >= 4 is 33.6 Å². The molecule has 4 N–H and O–H groups in total. The van der Waals surface area contributed by atoms with Gasteiger partial charge in [0, 0.05) is 37.5 Å². The van der Waals surface area contributed by atoms with Crippen molar-refractivity contribution in [2.75, 3.05) is 36.5 Å². The van der Waals surface area contributed by atoms with Crippen LogP contribution in [0.4, 0.5) is 24.9 Å². The fourth-order valence-corrected chi connectivity index (χ4v) is 6.67. The third-order valence-electron chi connectivity index (χ3n) is 8.34. The summed E-state index contributed by atoms with van der Waals surface area (Å²) in [5.41, 5.74) is 6.56. The Morgan fingerprint density at radius 2 is 1.91 bits per heavy atom. The molecule has 1 aromatic heterocycles. The number of nitrogens with one attached hydrogen (secondary N) is 1. The van der Waals surface area contributed by atoms with Crippen LogP contribution in [0.15, 0.2) is 59.5 Å². The lowest BCUT2D eigenvalue weighted by atomic mass is 9.76. The van der Waals surface area contributed by atoms with Gasteiger partial charge in [0.2, 0.25) is 17.9 Å². The number of anilines is 2. The summed E-state index contributed by atoms with van der Waals surface area (Å²) in [6.07, 6.45) is -1.02. The minimum atomic E-state index is -4.89.